The smallest absolute Gasteiger partial charge is 0.305 e. The summed E-state index contributed by atoms with van der Waals surface area (Å²) >= 11 is 0. The molecular weight excluding hydrogens is 384 g/mol. The Labute approximate surface area is 165 Å². The number of ether oxygens (including phenoxy) is 3. The molecule has 9 heteroatoms. The molecule has 8 nitrogen and oxygen atoms in total. The van der Waals surface area contributed by atoms with Crippen LogP contribution in [-0.4, -0.2) is 46.3 Å². The van der Waals surface area contributed by atoms with Crippen LogP contribution in [0.25, 0.3) is 0 Å². The van der Waals surface area contributed by atoms with Gasteiger partial charge in [0.15, 0.2) is 5.88 Å². The molecule has 0 unspecified atom stereocenters. The summed E-state index contributed by atoms with van der Waals surface area (Å²) in [7, 11) is 0.972. The van der Waals surface area contributed by atoms with Gasteiger partial charge < -0.3 is 18.8 Å². The van der Waals surface area contributed by atoms with E-state index in [1.807, 2.05) is 23.7 Å². The molecule has 0 aliphatic heterocycles. The number of sulfonamides is 1. The zero-order valence-corrected chi connectivity index (χ0v) is 17.1. The van der Waals surface area contributed by atoms with Crippen LogP contribution in [0.2, 0.25) is 0 Å². The van der Waals surface area contributed by atoms with Gasteiger partial charge in [-0.15, -0.1) is 0 Å². The SMILES string of the molecule is COC(=O)CCCOc1ccc(CCNS(=O)(=O)c2ccccc2OC)n1C. The van der Waals surface area contributed by atoms with E-state index < -0.39 is 10.0 Å². The molecule has 0 saturated heterocycles. The summed E-state index contributed by atoms with van der Waals surface area (Å²) in [6, 6.07) is 10.2. The van der Waals surface area contributed by atoms with Crippen molar-refractivity contribution in [2.45, 2.75) is 24.2 Å². The van der Waals surface area contributed by atoms with Gasteiger partial charge in [0.2, 0.25) is 10.0 Å². The summed E-state index contributed by atoms with van der Waals surface area (Å²) in [5.41, 5.74) is 0.922. The van der Waals surface area contributed by atoms with Crippen LogP contribution in [0.4, 0.5) is 0 Å². The van der Waals surface area contributed by atoms with Gasteiger partial charge in [-0.05, 0) is 24.6 Å². The molecule has 0 spiro atoms. The number of aromatic nitrogens is 1. The summed E-state index contributed by atoms with van der Waals surface area (Å²) in [5, 5.41) is 0. The van der Waals surface area contributed by atoms with E-state index in [-0.39, 0.29) is 17.4 Å². The fraction of sp³-hybridized carbons (Fsp3) is 0.421. The zero-order chi connectivity index (χ0) is 20.6. The van der Waals surface area contributed by atoms with Crippen LogP contribution in [0.1, 0.15) is 18.5 Å². The molecule has 0 aliphatic carbocycles. The monoisotopic (exact) mass is 410 g/mol. The lowest BCUT2D eigenvalue weighted by atomic mass is 10.3. The zero-order valence-electron chi connectivity index (χ0n) is 16.3. The summed E-state index contributed by atoms with van der Waals surface area (Å²) in [6.07, 6.45) is 1.36. The molecule has 1 heterocycles. The fourth-order valence-corrected chi connectivity index (χ4v) is 3.86. The maximum Gasteiger partial charge on any atom is 0.305 e. The van der Waals surface area contributed by atoms with E-state index in [2.05, 4.69) is 9.46 Å². The number of hydrogen-bond donors (Lipinski definition) is 1. The Kier molecular flexibility index (Phi) is 7.89. The van der Waals surface area contributed by atoms with Crippen molar-refractivity contribution in [2.75, 3.05) is 27.4 Å². The number of benzene rings is 1. The predicted molar refractivity (Wildman–Crippen MR) is 104 cm³/mol. The van der Waals surface area contributed by atoms with Crippen LogP contribution in [0, 0.1) is 0 Å². The lowest BCUT2D eigenvalue weighted by Crippen LogP contribution is -2.26. The Morgan fingerprint density at radius 1 is 1.14 bits per heavy atom. The summed E-state index contributed by atoms with van der Waals surface area (Å²) in [5.74, 6) is 0.697. The maximum atomic E-state index is 12.5. The Balaban J connectivity index is 1.88. The lowest BCUT2D eigenvalue weighted by molar-refractivity contribution is -0.140. The largest absolute Gasteiger partial charge is 0.495 e. The molecule has 154 valence electrons. The minimum absolute atomic E-state index is 0.110. The molecule has 1 aromatic heterocycles. The van der Waals surface area contributed by atoms with Gasteiger partial charge in [0.1, 0.15) is 10.6 Å². The minimum Gasteiger partial charge on any atom is -0.495 e. The van der Waals surface area contributed by atoms with Crippen LogP contribution in [0.5, 0.6) is 11.6 Å². The molecule has 2 aromatic rings. The molecule has 0 atom stereocenters. The Hall–Kier alpha value is -2.52. The molecule has 0 aliphatic rings. The second-order valence-electron chi connectivity index (χ2n) is 6.05. The fourth-order valence-electron chi connectivity index (χ4n) is 2.66. The van der Waals surface area contributed by atoms with Crippen molar-refractivity contribution < 1.29 is 27.4 Å². The number of carbonyl (C=O) groups excluding carboxylic acids is 1. The second-order valence-corrected chi connectivity index (χ2v) is 7.78. The number of nitrogens with zero attached hydrogens (tertiary/aromatic N) is 1. The molecule has 0 radical (unpaired) electrons. The third-order valence-electron chi connectivity index (χ3n) is 4.21. The topological polar surface area (TPSA) is 95.9 Å². The quantitative estimate of drug-likeness (QED) is 0.449. The highest BCUT2D eigenvalue weighted by Crippen LogP contribution is 2.22. The van der Waals surface area contributed by atoms with E-state index in [0.717, 1.165) is 5.69 Å². The molecule has 1 aromatic carbocycles. The van der Waals surface area contributed by atoms with Gasteiger partial charge >= 0.3 is 5.97 Å². The highest BCUT2D eigenvalue weighted by atomic mass is 32.2. The van der Waals surface area contributed by atoms with Crippen LogP contribution in [-0.2, 0) is 33.0 Å². The normalized spacial score (nSPS) is 11.2. The molecule has 0 amide bonds. The first-order chi connectivity index (χ1) is 13.4. The Bertz CT molecular complexity index is 892. The number of para-hydroxylation sites is 1. The van der Waals surface area contributed by atoms with Crippen molar-refractivity contribution in [3.63, 3.8) is 0 Å². The lowest BCUT2D eigenvalue weighted by Gasteiger charge is -2.11. The Morgan fingerprint density at radius 3 is 2.61 bits per heavy atom. The van der Waals surface area contributed by atoms with Gasteiger partial charge in [0.25, 0.3) is 0 Å². The molecule has 2 rings (SSSR count). The highest BCUT2D eigenvalue weighted by molar-refractivity contribution is 7.89. The summed E-state index contributed by atoms with van der Waals surface area (Å²) in [6.45, 7) is 0.632. The van der Waals surface area contributed by atoms with Crippen molar-refractivity contribution in [1.82, 2.24) is 9.29 Å². The minimum atomic E-state index is -3.67. The number of carbonyl (C=O) groups is 1. The number of hydrogen-bond acceptors (Lipinski definition) is 6. The van der Waals surface area contributed by atoms with Crippen LogP contribution in [0.3, 0.4) is 0 Å². The number of rotatable bonds is 11. The average molecular weight is 410 g/mol. The number of esters is 1. The van der Waals surface area contributed by atoms with Gasteiger partial charge in [-0.3, -0.25) is 4.79 Å². The first kappa shape index (κ1) is 21.8. The van der Waals surface area contributed by atoms with Crippen molar-refractivity contribution in [3.8, 4) is 11.6 Å². The van der Waals surface area contributed by atoms with E-state index in [4.69, 9.17) is 9.47 Å². The van der Waals surface area contributed by atoms with Gasteiger partial charge in [-0.1, -0.05) is 12.1 Å². The van der Waals surface area contributed by atoms with E-state index in [0.29, 0.717) is 37.5 Å². The Morgan fingerprint density at radius 2 is 1.89 bits per heavy atom. The van der Waals surface area contributed by atoms with Crippen molar-refractivity contribution in [3.05, 3.63) is 42.1 Å². The van der Waals surface area contributed by atoms with Crippen molar-refractivity contribution >= 4 is 16.0 Å². The van der Waals surface area contributed by atoms with Crippen molar-refractivity contribution in [2.24, 2.45) is 7.05 Å². The van der Waals surface area contributed by atoms with E-state index in [9.17, 15) is 13.2 Å². The summed E-state index contributed by atoms with van der Waals surface area (Å²) in [4.78, 5) is 11.2. The first-order valence-corrected chi connectivity index (χ1v) is 10.3. The number of nitrogens with one attached hydrogen (secondary N) is 1. The third kappa shape index (κ3) is 5.74. The standard InChI is InChI=1S/C19H26N2O6S/c1-21-15(10-11-18(21)27-14-6-9-19(22)26-3)12-13-20-28(23,24)17-8-5-4-7-16(17)25-2/h4-5,7-8,10-11,20H,6,9,12-14H2,1-3H3. The maximum absolute atomic E-state index is 12.5. The van der Waals surface area contributed by atoms with E-state index in [1.54, 1.807) is 18.2 Å². The van der Waals surface area contributed by atoms with Crippen molar-refractivity contribution in [1.29, 1.82) is 0 Å². The second kappa shape index (κ2) is 10.1. The molecular formula is C19H26N2O6S. The first-order valence-electron chi connectivity index (χ1n) is 8.86. The predicted octanol–water partition coefficient (Wildman–Crippen LogP) is 1.89. The molecule has 28 heavy (non-hydrogen) atoms. The average Bonchev–Trinajstić information content (AvgIpc) is 3.04. The van der Waals surface area contributed by atoms with Crippen LogP contribution >= 0.6 is 0 Å². The van der Waals surface area contributed by atoms with Gasteiger partial charge in [-0.2, -0.15) is 0 Å². The highest BCUT2D eigenvalue weighted by Gasteiger charge is 2.18. The molecule has 0 saturated carbocycles. The van der Waals surface area contributed by atoms with Crippen LogP contribution in [0.15, 0.2) is 41.3 Å². The third-order valence-corrected chi connectivity index (χ3v) is 5.71. The van der Waals surface area contributed by atoms with Crippen LogP contribution < -0.4 is 14.2 Å². The van der Waals surface area contributed by atoms with E-state index >= 15 is 0 Å². The molecule has 0 bridgehead atoms. The van der Waals surface area contributed by atoms with E-state index in [1.165, 1.54) is 20.3 Å². The van der Waals surface area contributed by atoms with Gasteiger partial charge in [-0.25, -0.2) is 13.1 Å². The van der Waals surface area contributed by atoms with Gasteiger partial charge in [0, 0.05) is 38.2 Å². The summed E-state index contributed by atoms with van der Waals surface area (Å²) < 4.78 is 44.8. The molecule has 0 fully saturated rings. The molecule has 1 N–H and O–H groups in total. The number of methoxy groups -OCH3 is 2. The van der Waals surface area contributed by atoms with Gasteiger partial charge in [0.05, 0.1) is 20.8 Å².